The van der Waals surface area contributed by atoms with Crippen molar-refractivity contribution in [3.05, 3.63) is 85.2 Å². The molecule has 3 aromatic rings. The summed E-state index contributed by atoms with van der Waals surface area (Å²) in [5.74, 6) is -1.13. The summed E-state index contributed by atoms with van der Waals surface area (Å²) in [7, 11) is 1.31. The molecule has 2 aliphatic heterocycles. The van der Waals surface area contributed by atoms with Crippen LogP contribution in [0.4, 0.5) is 4.39 Å². The summed E-state index contributed by atoms with van der Waals surface area (Å²) in [4.78, 5) is 31.2. The van der Waals surface area contributed by atoms with Crippen molar-refractivity contribution in [2.24, 2.45) is 10.9 Å². The number of nitrogens with zero attached hydrogens (tertiary/aromatic N) is 2. The molecule has 2 bridgehead atoms. The quantitative estimate of drug-likeness (QED) is 0.590. The number of rotatable bonds is 2. The Morgan fingerprint density at radius 3 is 2.87 bits per heavy atom. The van der Waals surface area contributed by atoms with Crippen LogP contribution >= 0.6 is 11.3 Å². The Balaban J connectivity index is 1.80. The van der Waals surface area contributed by atoms with Gasteiger partial charge in [0.25, 0.3) is 5.56 Å². The molecule has 0 aliphatic carbocycles. The lowest BCUT2D eigenvalue weighted by molar-refractivity contribution is -0.158. The van der Waals surface area contributed by atoms with Gasteiger partial charge in [0.15, 0.2) is 4.80 Å². The van der Waals surface area contributed by atoms with Crippen LogP contribution in [0.25, 0.3) is 6.08 Å². The van der Waals surface area contributed by atoms with E-state index in [4.69, 9.17) is 9.47 Å². The largest absolute Gasteiger partial charge is 0.469 e. The summed E-state index contributed by atoms with van der Waals surface area (Å²) in [6.45, 7) is 1.72. The zero-order chi connectivity index (χ0) is 21.0. The number of hydrogen-bond acceptors (Lipinski definition) is 6. The van der Waals surface area contributed by atoms with Gasteiger partial charge in [0.05, 0.1) is 17.7 Å². The van der Waals surface area contributed by atoms with Gasteiger partial charge < -0.3 is 9.47 Å². The van der Waals surface area contributed by atoms with Crippen molar-refractivity contribution < 1.29 is 18.7 Å². The van der Waals surface area contributed by atoms with Crippen molar-refractivity contribution in [2.45, 2.75) is 18.7 Å². The standard InChI is InChI=1S/C22H17FN2O4S/c1-22-17(20(27)28-2)18(14-8-3-4-9-15(14)29-22)25-19(26)16(30-21(25)24-22)11-12-6-5-7-13(23)10-12/h3-11,17-18H,1-2H3/t17?,18?,22-/m0/s1. The van der Waals surface area contributed by atoms with Crippen LogP contribution in [0.1, 0.15) is 24.1 Å². The van der Waals surface area contributed by atoms with Crippen molar-refractivity contribution in [3.63, 3.8) is 0 Å². The second-order valence-electron chi connectivity index (χ2n) is 7.38. The molecule has 3 heterocycles. The molecule has 2 aliphatic rings. The molecule has 0 spiro atoms. The van der Waals surface area contributed by atoms with Crippen LogP contribution in [0, 0.1) is 11.7 Å². The van der Waals surface area contributed by atoms with Crippen molar-refractivity contribution >= 4 is 23.4 Å². The van der Waals surface area contributed by atoms with Crippen LogP contribution in [0.15, 0.2) is 58.3 Å². The van der Waals surface area contributed by atoms with Gasteiger partial charge in [0.1, 0.15) is 17.5 Å². The Bertz CT molecular complexity index is 1360. The lowest BCUT2D eigenvalue weighted by Gasteiger charge is -2.44. The highest BCUT2D eigenvalue weighted by atomic mass is 32.1. The monoisotopic (exact) mass is 424 g/mol. The molecular weight excluding hydrogens is 407 g/mol. The predicted octanol–water partition coefficient (Wildman–Crippen LogP) is 2.00. The highest BCUT2D eigenvalue weighted by Crippen LogP contribution is 2.47. The maximum Gasteiger partial charge on any atom is 0.317 e. The summed E-state index contributed by atoms with van der Waals surface area (Å²) in [6.07, 6.45) is 1.63. The van der Waals surface area contributed by atoms with Crippen LogP contribution in [0.3, 0.4) is 0 Å². The number of carbonyl (C=O) groups excluding carboxylic acids is 1. The fourth-order valence-electron chi connectivity index (χ4n) is 4.18. The number of hydrogen-bond donors (Lipinski definition) is 0. The zero-order valence-electron chi connectivity index (χ0n) is 16.2. The molecule has 5 rings (SSSR count). The molecular formula is C22H17FN2O4S. The molecule has 2 aromatic carbocycles. The van der Waals surface area contributed by atoms with E-state index in [0.717, 1.165) is 5.56 Å². The van der Waals surface area contributed by atoms with Gasteiger partial charge in [-0.05, 0) is 36.8 Å². The number of methoxy groups -OCH3 is 1. The van der Waals surface area contributed by atoms with Gasteiger partial charge in [0.2, 0.25) is 5.72 Å². The van der Waals surface area contributed by atoms with Gasteiger partial charge in [-0.3, -0.25) is 14.2 Å². The van der Waals surface area contributed by atoms with Gasteiger partial charge in [0, 0.05) is 5.56 Å². The second kappa shape index (κ2) is 6.63. The Morgan fingerprint density at radius 1 is 1.30 bits per heavy atom. The Kier molecular flexibility index (Phi) is 4.14. The minimum Gasteiger partial charge on any atom is -0.469 e. The topological polar surface area (TPSA) is 69.9 Å². The second-order valence-corrected chi connectivity index (χ2v) is 8.38. The number of fused-ring (bicyclic) bond motifs is 6. The number of thiazole rings is 1. The fraction of sp³-hybridized carbons (Fsp3) is 0.227. The summed E-state index contributed by atoms with van der Waals surface area (Å²) in [5, 5.41) is 0. The van der Waals surface area contributed by atoms with Crippen molar-refractivity contribution in [1.82, 2.24) is 4.57 Å². The molecule has 6 nitrogen and oxygen atoms in total. The molecule has 152 valence electrons. The molecule has 0 saturated heterocycles. The first-order valence-corrected chi connectivity index (χ1v) is 10.2. The minimum absolute atomic E-state index is 0.291. The number of benzene rings is 2. The van der Waals surface area contributed by atoms with Crippen LogP contribution in [0.2, 0.25) is 0 Å². The van der Waals surface area contributed by atoms with E-state index in [1.54, 1.807) is 31.2 Å². The van der Waals surface area contributed by atoms with Gasteiger partial charge in [-0.1, -0.05) is 41.7 Å². The number of halogens is 1. The molecule has 3 atom stereocenters. The molecule has 8 heteroatoms. The lowest BCUT2D eigenvalue weighted by Crippen LogP contribution is -2.58. The summed E-state index contributed by atoms with van der Waals surface area (Å²) in [5.41, 5.74) is -0.208. The van der Waals surface area contributed by atoms with E-state index < -0.39 is 23.7 Å². The van der Waals surface area contributed by atoms with Gasteiger partial charge in [-0.2, -0.15) is 0 Å². The first-order valence-electron chi connectivity index (χ1n) is 9.35. The summed E-state index contributed by atoms with van der Waals surface area (Å²) >= 11 is 1.19. The Labute approximate surface area is 174 Å². The molecule has 0 fully saturated rings. The number of aromatic nitrogens is 1. The first kappa shape index (κ1) is 18.7. The predicted molar refractivity (Wildman–Crippen MR) is 108 cm³/mol. The fourth-order valence-corrected chi connectivity index (χ4v) is 5.28. The van der Waals surface area contributed by atoms with Crippen LogP contribution in [-0.2, 0) is 9.53 Å². The minimum atomic E-state index is -1.21. The van der Waals surface area contributed by atoms with E-state index in [0.29, 0.717) is 20.6 Å². The molecule has 2 unspecified atom stereocenters. The van der Waals surface area contributed by atoms with Crippen LogP contribution < -0.4 is 19.6 Å². The van der Waals surface area contributed by atoms with Crippen molar-refractivity contribution in [1.29, 1.82) is 0 Å². The summed E-state index contributed by atoms with van der Waals surface area (Å²) < 4.78 is 26.7. The Hall–Kier alpha value is -3.26. The van der Waals surface area contributed by atoms with Crippen LogP contribution in [-0.4, -0.2) is 23.4 Å². The smallest absolute Gasteiger partial charge is 0.317 e. The third-order valence-corrected chi connectivity index (χ3v) is 6.46. The van der Waals surface area contributed by atoms with Crippen LogP contribution in [0.5, 0.6) is 5.75 Å². The lowest BCUT2D eigenvalue weighted by atomic mass is 9.81. The number of esters is 1. The molecule has 0 saturated carbocycles. The van der Waals surface area contributed by atoms with Gasteiger partial charge in [-0.15, -0.1) is 0 Å². The number of ether oxygens (including phenoxy) is 2. The SMILES string of the molecule is COC(=O)C1C2c3ccccc3O[C@]1(C)N=c1sc(=Cc3cccc(F)c3)c(=O)n12. The van der Waals surface area contributed by atoms with E-state index in [1.165, 1.54) is 35.1 Å². The highest BCUT2D eigenvalue weighted by Gasteiger charge is 2.55. The van der Waals surface area contributed by atoms with E-state index in [2.05, 4.69) is 4.99 Å². The van der Waals surface area contributed by atoms with E-state index >= 15 is 0 Å². The average Bonchev–Trinajstić information content (AvgIpc) is 3.00. The summed E-state index contributed by atoms with van der Waals surface area (Å²) in [6, 6.07) is 12.7. The van der Waals surface area contributed by atoms with Gasteiger partial charge in [-0.25, -0.2) is 9.38 Å². The van der Waals surface area contributed by atoms with Crippen molar-refractivity contribution in [3.8, 4) is 5.75 Å². The number of carbonyl (C=O) groups is 1. The molecule has 0 N–H and O–H groups in total. The Morgan fingerprint density at radius 2 is 2.10 bits per heavy atom. The van der Waals surface area contributed by atoms with E-state index in [1.807, 2.05) is 18.2 Å². The zero-order valence-corrected chi connectivity index (χ0v) is 17.0. The van der Waals surface area contributed by atoms with E-state index in [-0.39, 0.29) is 11.4 Å². The molecule has 0 radical (unpaired) electrons. The maximum absolute atomic E-state index is 13.6. The molecule has 1 aromatic heterocycles. The normalized spacial score (nSPS) is 24.3. The first-order chi connectivity index (χ1) is 14.4. The molecule has 30 heavy (non-hydrogen) atoms. The maximum atomic E-state index is 13.6. The molecule has 0 amide bonds. The van der Waals surface area contributed by atoms with Crippen molar-refractivity contribution in [2.75, 3.05) is 7.11 Å². The average molecular weight is 424 g/mol. The third kappa shape index (κ3) is 2.71. The third-order valence-electron chi connectivity index (χ3n) is 5.48. The number of para-hydroxylation sites is 1. The van der Waals surface area contributed by atoms with Gasteiger partial charge >= 0.3 is 5.97 Å². The van der Waals surface area contributed by atoms with E-state index in [9.17, 15) is 14.0 Å². The highest BCUT2D eigenvalue weighted by molar-refractivity contribution is 7.07.